The highest BCUT2D eigenvalue weighted by Gasteiger charge is 2.29. The van der Waals surface area contributed by atoms with Crippen molar-refractivity contribution in [2.45, 2.75) is 13.3 Å². The molecule has 0 spiro atoms. The van der Waals surface area contributed by atoms with E-state index < -0.39 is 4.92 Å². The van der Waals surface area contributed by atoms with Crippen molar-refractivity contribution >= 4 is 17.3 Å². The first-order valence-electron chi connectivity index (χ1n) is 6.28. The average Bonchev–Trinajstić information content (AvgIpc) is 2.80. The molecule has 1 atom stereocenters. The van der Waals surface area contributed by atoms with Crippen LogP contribution in [0.4, 0.5) is 11.4 Å². The van der Waals surface area contributed by atoms with Crippen LogP contribution >= 0.6 is 0 Å². The molecule has 0 aliphatic carbocycles. The highest BCUT2D eigenvalue weighted by atomic mass is 16.6. The van der Waals surface area contributed by atoms with Gasteiger partial charge >= 0.3 is 0 Å². The third-order valence-electron chi connectivity index (χ3n) is 3.37. The minimum atomic E-state index is -0.432. The predicted octanol–water partition coefficient (Wildman–Crippen LogP) is 1.34. The number of fused-ring (bicyclic) bond motifs is 1. The Hall–Kier alpha value is -1.95. The normalized spacial score (nSPS) is 15.2. The van der Waals surface area contributed by atoms with E-state index in [2.05, 4.69) is 5.32 Å². The van der Waals surface area contributed by atoms with Gasteiger partial charge in [0.2, 0.25) is 5.91 Å². The molecule has 1 heterocycles. The standard InChI is InChI=1S/C13H17N3O3/c1-9(8-14-2)13(17)15-6-5-10-3-4-11(16(18)19)7-12(10)15/h3-4,7,9,14H,5-6,8H2,1-2H3. The van der Waals surface area contributed by atoms with Gasteiger partial charge in [0.1, 0.15) is 0 Å². The van der Waals surface area contributed by atoms with Crippen LogP contribution in [-0.2, 0) is 11.2 Å². The van der Waals surface area contributed by atoms with Crippen molar-refractivity contribution in [3.8, 4) is 0 Å². The highest BCUT2D eigenvalue weighted by Crippen LogP contribution is 2.32. The van der Waals surface area contributed by atoms with E-state index in [4.69, 9.17) is 0 Å². The summed E-state index contributed by atoms with van der Waals surface area (Å²) in [6.45, 7) is 3.05. The third-order valence-corrected chi connectivity index (χ3v) is 3.37. The number of carbonyl (C=O) groups is 1. The largest absolute Gasteiger partial charge is 0.319 e. The minimum Gasteiger partial charge on any atom is -0.319 e. The zero-order valence-electron chi connectivity index (χ0n) is 11.0. The van der Waals surface area contributed by atoms with Crippen molar-refractivity contribution in [2.75, 3.05) is 25.0 Å². The molecule has 1 aromatic rings. The molecule has 6 nitrogen and oxygen atoms in total. The molecule has 0 aromatic heterocycles. The molecule has 6 heteroatoms. The molecule has 0 fully saturated rings. The summed E-state index contributed by atoms with van der Waals surface area (Å²) in [6.07, 6.45) is 0.755. The van der Waals surface area contributed by atoms with Gasteiger partial charge in [0.05, 0.1) is 10.6 Å². The van der Waals surface area contributed by atoms with Crippen LogP contribution in [0.1, 0.15) is 12.5 Å². The van der Waals surface area contributed by atoms with Crippen LogP contribution in [0.5, 0.6) is 0 Å². The molecule has 2 rings (SSSR count). The Morgan fingerprint density at radius 2 is 2.32 bits per heavy atom. The third kappa shape index (κ3) is 2.58. The molecule has 1 aliphatic heterocycles. The second kappa shape index (κ2) is 5.36. The van der Waals surface area contributed by atoms with Gasteiger partial charge < -0.3 is 10.2 Å². The lowest BCUT2D eigenvalue weighted by Gasteiger charge is -2.21. The lowest BCUT2D eigenvalue weighted by Crippen LogP contribution is -2.37. The van der Waals surface area contributed by atoms with Gasteiger partial charge in [-0.3, -0.25) is 14.9 Å². The van der Waals surface area contributed by atoms with Crippen LogP contribution in [0.2, 0.25) is 0 Å². The molecule has 1 N–H and O–H groups in total. The maximum absolute atomic E-state index is 12.3. The number of hydrogen-bond acceptors (Lipinski definition) is 4. The fourth-order valence-corrected chi connectivity index (χ4v) is 2.37. The van der Waals surface area contributed by atoms with E-state index in [1.54, 1.807) is 18.0 Å². The van der Waals surface area contributed by atoms with Gasteiger partial charge in [-0.05, 0) is 19.0 Å². The number of non-ortho nitro benzene ring substituents is 1. The Labute approximate surface area is 111 Å². The van der Waals surface area contributed by atoms with E-state index in [9.17, 15) is 14.9 Å². The molecule has 0 bridgehead atoms. The molecule has 102 valence electrons. The smallest absolute Gasteiger partial charge is 0.271 e. The van der Waals surface area contributed by atoms with Crippen LogP contribution in [0, 0.1) is 16.0 Å². The number of nitro groups is 1. The van der Waals surface area contributed by atoms with Crippen molar-refractivity contribution in [3.05, 3.63) is 33.9 Å². The Morgan fingerprint density at radius 1 is 1.58 bits per heavy atom. The number of nitrogens with one attached hydrogen (secondary N) is 1. The van der Waals surface area contributed by atoms with E-state index in [1.165, 1.54) is 12.1 Å². The number of amides is 1. The summed E-state index contributed by atoms with van der Waals surface area (Å²) < 4.78 is 0. The molecular weight excluding hydrogens is 246 g/mol. The number of anilines is 1. The van der Waals surface area contributed by atoms with Crippen molar-refractivity contribution < 1.29 is 9.72 Å². The lowest BCUT2D eigenvalue weighted by atomic mass is 10.1. The van der Waals surface area contributed by atoms with Gasteiger partial charge in [-0.2, -0.15) is 0 Å². The van der Waals surface area contributed by atoms with Crippen molar-refractivity contribution in [2.24, 2.45) is 5.92 Å². The van der Waals surface area contributed by atoms with E-state index in [1.807, 2.05) is 6.92 Å². The molecule has 19 heavy (non-hydrogen) atoms. The molecular formula is C13H17N3O3. The number of hydrogen-bond donors (Lipinski definition) is 1. The van der Waals surface area contributed by atoms with Crippen LogP contribution in [-0.4, -0.2) is 31.0 Å². The quantitative estimate of drug-likeness (QED) is 0.657. The summed E-state index contributed by atoms with van der Waals surface area (Å²) in [5.41, 5.74) is 1.71. The van der Waals surface area contributed by atoms with Gasteiger partial charge in [0, 0.05) is 31.1 Å². The van der Waals surface area contributed by atoms with E-state index >= 15 is 0 Å². The monoisotopic (exact) mass is 263 g/mol. The van der Waals surface area contributed by atoms with Crippen LogP contribution in [0.15, 0.2) is 18.2 Å². The number of benzene rings is 1. The summed E-state index contributed by atoms with van der Waals surface area (Å²) in [6, 6.07) is 4.72. The molecule has 0 saturated heterocycles. The first-order valence-corrected chi connectivity index (χ1v) is 6.28. The second-order valence-corrected chi connectivity index (χ2v) is 4.77. The number of nitro benzene ring substituents is 1. The van der Waals surface area contributed by atoms with Gasteiger partial charge in [-0.1, -0.05) is 13.0 Å². The van der Waals surface area contributed by atoms with Crippen LogP contribution < -0.4 is 10.2 Å². The highest BCUT2D eigenvalue weighted by molar-refractivity contribution is 5.97. The Balaban J connectivity index is 2.27. The number of nitrogens with zero attached hydrogens (tertiary/aromatic N) is 2. The van der Waals surface area contributed by atoms with E-state index in [-0.39, 0.29) is 17.5 Å². The number of rotatable bonds is 4. The summed E-state index contributed by atoms with van der Waals surface area (Å²) in [5.74, 6) is -0.135. The second-order valence-electron chi connectivity index (χ2n) is 4.77. The Kier molecular flexibility index (Phi) is 3.80. The topological polar surface area (TPSA) is 75.5 Å². The van der Waals surface area contributed by atoms with Crippen molar-refractivity contribution in [1.82, 2.24) is 5.32 Å². The van der Waals surface area contributed by atoms with Gasteiger partial charge in [0.15, 0.2) is 0 Å². The Bertz CT molecular complexity index is 516. The molecule has 1 aliphatic rings. The van der Waals surface area contributed by atoms with Crippen molar-refractivity contribution in [1.29, 1.82) is 0 Å². The molecule has 0 saturated carbocycles. The maximum atomic E-state index is 12.3. The van der Waals surface area contributed by atoms with Crippen LogP contribution in [0.3, 0.4) is 0 Å². The predicted molar refractivity (Wildman–Crippen MR) is 72.2 cm³/mol. The lowest BCUT2D eigenvalue weighted by molar-refractivity contribution is -0.384. The van der Waals surface area contributed by atoms with E-state index in [0.29, 0.717) is 18.8 Å². The van der Waals surface area contributed by atoms with Crippen LogP contribution in [0.25, 0.3) is 0 Å². The molecule has 0 radical (unpaired) electrons. The van der Waals surface area contributed by atoms with Gasteiger partial charge in [-0.25, -0.2) is 0 Å². The SMILES string of the molecule is CNCC(C)C(=O)N1CCc2ccc([N+](=O)[O-])cc21. The fraction of sp³-hybridized carbons (Fsp3) is 0.462. The molecule has 1 unspecified atom stereocenters. The number of carbonyl (C=O) groups excluding carboxylic acids is 1. The first-order chi connectivity index (χ1) is 9.04. The maximum Gasteiger partial charge on any atom is 0.271 e. The zero-order valence-corrected chi connectivity index (χ0v) is 11.0. The minimum absolute atomic E-state index is 0.00796. The van der Waals surface area contributed by atoms with E-state index in [0.717, 1.165) is 12.0 Å². The van der Waals surface area contributed by atoms with Crippen molar-refractivity contribution in [3.63, 3.8) is 0 Å². The average molecular weight is 263 g/mol. The van der Waals surface area contributed by atoms with Gasteiger partial charge in [0.25, 0.3) is 5.69 Å². The zero-order chi connectivity index (χ0) is 14.0. The summed E-state index contributed by atoms with van der Waals surface area (Å²) >= 11 is 0. The Morgan fingerprint density at radius 3 is 2.95 bits per heavy atom. The van der Waals surface area contributed by atoms with Gasteiger partial charge in [-0.15, -0.1) is 0 Å². The summed E-state index contributed by atoms with van der Waals surface area (Å²) in [4.78, 5) is 24.3. The summed E-state index contributed by atoms with van der Waals surface area (Å²) in [7, 11) is 1.80. The molecule has 1 amide bonds. The fourth-order valence-electron chi connectivity index (χ4n) is 2.37. The molecule has 1 aromatic carbocycles. The summed E-state index contributed by atoms with van der Waals surface area (Å²) in [5, 5.41) is 13.8. The first kappa shape index (κ1) is 13.5.